The van der Waals surface area contributed by atoms with E-state index in [0.717, 1.165) is 12.8 Å². The molecule has 1 saturated carbocycles. The summed E-state index contributed by atoms with van der Waals surface area (Å²) in [7, 11) is 0. The van der Waals surface area contributed by atoms with Crippen LogP contribution in [0.1, 0.15) is 38.5 Å². The molecule has 1 aliphatic carbocycles. The number of piperazine rings is 1. The molecule has 2 heterocycles. The van der Waals surface area contributed by atoms with Crippen molar-refractivity contribution in [3.05, 3.63) is 0 Å². The van der Waals surface area contributed by atoms with Gasteiger partial charge in [-0.3, -0.25) is 9.59 Å². The van der Waals surface area contributed by atoms with Crippen LogP contribution in [0.5, 0.6) is 0 Å². The summed E-state index contributed by atoms with van der Waals surface area (Å²) in [5, 5.41) is 12.6. The molecule has 2 N–H and O–H groups in total. The number of carbonyl (C=O) groups is 2. The topological polar surface area (TPSA) is 72.9 Å². The van der Waals surface area contributed by atoms with Gasteiger partial charge >= 0.3 is 0 Å². The van der Waals surface area contributed by atoms with Crippen LogP contribution in [0.3, 0.4) is 0 Å². The number of hydrogen-bond donors (Lipinski definition) is 2. The third kappa shape index (κ3) is 3.43. The first-order valence-corrected chi connectivity index (χ1v) is 8.64. The Hall–Kier alpha value is -1.14. The van der Waals surface area contributed by atoms with Crippen molar-refractivity contribution >= 4 is 11.8 Å². The summed E-state index contributed by atoms with van der Waals surface area (Å²) in [5.41, 5.74) is 0. The zero-order valence-electron chi connectivity index (χ0n) is 13.2. The summed E-state index contributed by atoms with van der Waals surface area (Å²) in [6.45, 7) is 3.03. The van der Waals surface area contributed by atoms with E-state index in [1.54, 1.807) is 0 Å². The predicted octanol–water partition coefficient (Wildman–Crippen LogP) is -0.0397. The highest BCUT2D eigenvalue weighted by Crippen LogP contribution is 2.26. The maximum Gasteiger partial charge on any atom is 0.239 e. The number of carbonyl (C=O) groups excluding carboxylic acids is 2. The molecule has 2 unspecified atom stereocenters. The molecule has 2 saturated heterocycles. The van der Waals surface area contributed by atoms with E-state index < -0.39 is 6.10 Å². The van der Waals surface area contributed by atoms with Crippen LogP contribution in [-0.4, -0.2) is 71.6 Å². The summed E-state index contributed by atoms with van der Waals surface area (Å²) in [4.78, 5) is 28.7. The van der Waals surface area contributed by atoms with Crippen molar-refractivity contribution in [2.24, 2.45) is 5.92 Å². The van der Waals surface area contributed by atoms with Crippen molar-refractivity contribution in [1.29, 1.82) is 0 Å². The Kier molecular flexibility index (Phi) is 4.98. The van der Waals surface area contributed by atoms with Crippen LogP contribution in [0.4, 0.5) is 0 Å². The van der Waals surface area contributed by atoms with Crippen LogP contribution in [-0.2, 0) is 9.59 Å². The lowest BCUT2D eigenvalue weighted by Gasteiger charge is -2.38. The molecule has 0 aromatic heterocycles. The largest absolute Gasteiger partial charge is 0.392 e. The molecule has 22 heavy (non-hydrogen) atoms. The second kappa shape index (κ2) is 6.96. The number of nitrogens with one attached hydrogen (secondary N) is 1. The second-order valence-corrected chi connectivity index (χ2v) is 6.84. The van der Waals surface area contributed by atoms with E-state index in [2.05, 4.69) is 5.32 Å². The van der Waals surface area contributed by atoms with Crippen molar-refractivity contribution in [1.82, 2.24) is 15.1 Å². The van der Waals surface area contributed by atoms with Crippen molar-refractivity contribution in [2.75, 3.05) is 32.7 Å². The van der Waals surface area contributed by atoms with E-state index >= 15 is 0 Å². The highest BCUT2D eigenvalue weighted by molar-refractivity contribution is 5.83. The van der Waals surface area contributed by atoms with Crippen LogP contribution < -0.4 is 5.32 Å². The minimum absolute atomic E-state index is 0.0707. The van der Waals surface area contributed by atoms with Gasteiger partial charge in [0.1, 0.15) is 0 Å². The fourth-order valence-electron chi connectivity index (χ4n) is 3.88. The molecule has 2 atom stereocenters. The van der Waals surface area contributed by atoms with Gasteiger partial charge in [-0.25, -0.2) is 0 Å². The molecule has 3 aliphatic rings. The molecule has 0 radical (unpaired) electrons. The van der Waals surface area contributed by atoms with E-state index in [1.165, 1.54) is 19.3 Å². The predicted molar refractivity (Wildman–Crippen MR) is 82.1 cm³/mol. The molecule has 3 rings (SSSR count). The van der Waals surface area contributed by atoms with Gasteiger partial charge in [0.05, 0.1) is 12.1 Å². The number of amides is 2. The zero-order valence-corrected chi connectivity index (χ0v) is 13.2. The summed E-state index contributed by atoms with van der Waals surface area (Å²) in [6.07, 6.45) is 5.74. The molecule has 0 spiro atoms. The SMILES string of the molecule is O=C(C1CCCCC1)N1CCN(C(=O)C2CC(O)CN2)CC1. The second-order valence-electron chi connectivity index (χ2n) is 6.84. The van der Waals surface area contributed by atoms with Gasteiger partial charge in [0, 0.05) is 38.6 Å². The number of rotatable bonds is 2. The van der Waals surface area contributed by atoms with Gasteiger partial charge in [0.25, 0.3) is 0 Å². The Morgan fingerprint density at radius 1 is 0.909 bits per heavy atom. The summed E-state index contributed by atoms with van der Waals surface area (Å²) in [5.74, 6) is 0.574. The van der Waals surface area contributed by atoms with E-state index in [9.17, 15) is 14.7 Å². The van der Waals surface area contributed by atoms with Crippen molar-refractivity contribution < 1.29 is 14.7 Å². The third-order valence-electron chi connectivity index (χ3n) is 5.26. The molecule has 2 amide bonds. The standard InChI is InChI=1S/C16H27N3O3/c20-13-10-14(17-11-13)16(22)19-8-6-18(7-9-19)15(21)12-4-2-1-3-5-12/h12-14,17,20H,1-11H2. The Bertz CT molecular complexity index is 390. The maximum absolute atomic E-state index is 12.5. The lowest BCUT2D eigenvalue weighted by molar-refractivity contribution is -0.143. The fraction of sp³-hybridized carbons (Fsp3) is 0.875. The number of aliphatic hydroxyl groups excluding tert-OH is 1. The van der Waals surface area contributed by atoms with Gasteiger partial charge < -0.3 is 20.2 Å². The van der Waals surface area contributed by atoms with Crippen LogP contribution in [0.2, 0.25) is 0 Å². The van der Waals surface area contributed by atoms with Gasteiger partial charge in [-0.2, -0.15) is 0 Å². The minimum Gasteiger partial charge on any atom is -0.392 e. The van der Waals surface area contributed by atoms with Gasteiger partial charge in [-0.05, 0) is 19.3 Å². The minimum atomic E-state index is -0.414. The average Bonchev–Trinajstić information content (AvgIpc) is 3.01. The van der Waals surface area contributed by atoms with Crippen molar-refractivity contribution in [3.8, 4) is 0 Å². The lowest BCUT2D eigenvalue weighted by atomic mass is 9.88. The van der Waals surface area contributed by atoms with Gasteiger partial charge in [0.2, 0.25) is 11.8 Å². The smallest absolute Gasteiger partial charge is 0.239 e. The highest BCUT2D eigenvalue weighted by atomic mass is 16.3. The first-order chi connectivity index (χ1) is 10.6. The number of aliphatic hydroxyl groups is 1. The average molecular weight is 309 g/mol. The Balaban J connectivity index is 1.47. The molecule has 6 nitrogen and oxygen atoms in total. The Morgan fingerprint density at radius 3 is 2.05 bits per heavy atom. The van der Waals surface area contributed by atoms with Crippen LogP contribution in [0, 0.1) is 5.92 Å². The quantitative estimate of drug-likeness (QED) is 0.751. The van der Waals surface area contributed by atoms with E-state index in [4.69, 9.17) is 0 Å². The summed E-state index contributed by atoms with van der Waals surface area (Å²) < 4.78 is 0. The fourth-order valence-corrected chi connectivity index (χ4v) is 3.88. The first kappa shape index (κ1) is 15.7. The van der Waals surface area contributed by atoms with Gasteiger partial charge in [-0.15, -0.1) is 0 Å². The highest BCUT2D eigenvalue weighted by Gasteiger charge is 2.34. The molecule has 0 bridgehead atoms. The molecule has 124 valence electrons. The summed E-state index contributed by atoms with van der Waals surface area (Å²) in [6, 6.07) is -0.254. The molecule has 2 aliphatic heterocycles. The molecule has 0 aromatic rings. The first-order valence-electron chi connectivity index (χ1n) is 8.64. The van der Waals surface area contributed by atoms with E-state index in [0.29, 0.717) is 45.1 Å². The van der Waals surface area contributed by atoms with Crippen molar-refractivity contribution in [3.63, 3.8) is 0 Å². The molecule has 6 heteroatoms. The maximum atomic E-state index is 12.5. The van der Waals surface area contributed by atoms with Crippen LogP contribution in [0.15, 0.2) is 0 Å². The van der Waals surface area contributed by atoms with E-state index in [1.807, 2.05) is 9.80 Å². The Morgan fingerprint density at radius 2 is 1.50 bits per heavy atom. The molecular formula is C16H27N3O3. The van der Waals surface area contributed by atoms with E-state index in [-0.39, 0.29) is 17.9 Å². The zero-order chi connectivity index (χ0) is 15.5. The van der Waals surface area contributed by atoms with Gasteiger partial charge in [-0.1, -0.05) is 19.3 Å². The monoisotopic (exact) mass is 309 g/mol. The third-order valence-corrected chi connectivity index (χ3v) is 5.26. The number of hydrogen-bond acceptors (Lipinski definition) is 4. The van der Waals surface area contributed by atoms with Gasteiger partial charge in [0.15, 0.2) is 0 Å². The van der Waals surface area contributed by atoms with Crippen LogP contribution >= 0.6 is 0 Å². The molecule has 0 aromatic carbocycles. The molecule has 3 fully saturated rings. The van der Waals surface area contributed by atoms with Crippen LogP contribution in [0.25, 0.3) is 0 Å². The molecular weight excluding hydrogens is 282 g/mol. The normalized spacial score (nSPS) is 30.6. The Labute approximate surface area is 131 Å². The number of nitrogens with zero attached hydrogens (tertiary/aromatic N) is 2. The number of β-amino-alcohol motifs (C(OH)–C–C–N with tert-alkyl or cyclic N) is 1. The van der Waals surface area contributed by atoms with Crippen molar-refractivity contribution in [2.45, 2.75) is 50.7 Å². The lowest BCUT2D eigenvalue weighted by Crippen LogP contribution is -2.55. The summed E-state index contributed by atoms with van der Waals surface area (Å²) >= 11 is 0.